The molecule has 1 aromatic heterocycles. The van der Waals surface area contributed by atoms with E-state index in [0.717, 1.165) is 17.9 Å². The van der Waals surface area contributed by atoms with Gasteiger partial charge >= 0.3 is 5.97 Å². The summed E-state index contributed by atoms with van der Waals surface area (Å²) in [5.41, 5.74) is 0.219. The number of halogens is 1. The lowest BCUT2D eigenvalue weighted by molar-refractivity contribution is -0.142. The molecule has 1 heterocycles. The van der Waals surface area contributed by atoms with E-state index in [9.17, 15) is 9.59 Å². The Morgan fingerprint density at radius 2 is 2.17 bits per heavy atom. The summed E-state index contributed by atoms with van der Waals surface area (Å²) >= 11 is 6.36. The van der Waals surface area contributed by atoms with Gasteiger partial charge in [-0.3, -0.25) is 4.79 Å². The maximum atomic E-state index is 12.4. The van der Waals surface area contributed by atoms with E-state index in [2.05, 4.69) is 38.1 Å². The lowest BCUT2D eigenvalue weighted by Crippen LogP contribution is -2.42. The first-order chi connectivity index (χ1) is 11.0. The lowest BCUT2D eigenvalue weighted by Gasteiger charge is -2.16. The minimum atomic E-state index is -0.687. The van der Waals surface area contributed by atoms with Crippen molar-refractivity contribution in [3.63, 3.8) is 0 Å². The highest BCUT2D eigenvalue weighted by Crippen LogP contribution is 2.19. The topological polar surface area (TPSA) is 81.2 Å². The number of aromatic nitrogens is 2. The van der Waals surface area contributed by atoms with Crippen molar-refractivity contribution in [2.24, 2.45) is 0 Å². The van der Waals surface area contributed by atoms with Gasteiger partial charge in [0.2, 0.25) is 0 Å². The Morgan fingerprint density at radius 3 is 2.78 bits per heavy atom. The van der Waals surface area contributed by atoms with Crippen LogP contribution in [0.25, 0.3) is 0 Å². The van der Waals surface area contributed by atoms with E-state index in [0.29, 0.717) is 16.0 Å². The molecule has 1 N–H and O–H groups in total. The summed E-state index contributed by atoms with van der Waals surface area (Å²) in [6, 6.07) is -0.687. The summed E-state index contributed by atoms with van der Waals surface area (Å²) in [6.07, 6.45) is 4.98. The van der Waals surface area contributed by atoms with Gasteiger partial charge in [0, 0.05) is 11.9 Å². The van der Waals surface area contributed by atoms with Crippen LogP contribution in [0.15, 0.2) is 15.8 Å². The number of nitrogens with zero attached hydrogens (tertiary/aromatic N) is 2. The smallest absolute Gasteiger partial charge is 0.328 e. The summed E-state index contributed by atoms with van der Waals surface area (Å²) in [7, 11) is 1.31. The van der Waals surface area contributed by atoms with Crippen LogP contribution in [-0.4, -0.2) is 52.8 Å². The Morgan fingerprint density at radius 1 is 1.43 bits per heavy atom. The van der Waals surface area contributed by atoms with Gasteiger partial charge in [-0.15, -0.1) is 0 Å². The predicted octanol–water partition coefficient (Wildman–Crippen LogP) is 2.77. The summed E-state index contributed by atoms with van der Waals surface area (Å²) in [6.45, 7) is 2.06. The molecule has 0 spiro atoms. The largest absolute Gasteiger partial charge is 0.467 e. The van der Waals surface area contributed by atoms with Gasteiger partial charge in [0.05, 0.1) is 11.6 Å². The molecule has 0 aliphatic carbocycles. The maximum absolute atomic E-state index is 12.4. The highest BCUT2D eigenvalue weighted by Gasteiger charge is 2.24. The fourth-order valence-electron chi connectivity index (χ4n) is 1.63. The summed E-state index contributed by atoms with van der Waals surface area (Å²) < 4.78 is 5.23. The standard InChI is InChI=1S/C14H20BrN3O3S2/c1-4-6-23-14-16-8-9(15)11(18-14)12(19)17-10(5-7-22-3)13(20)21-2/h8,10H,4-7H2,1-3H3,(H,17,19)/t10-/m0/s1. The third kappa shape index (κ3) is 6.68. The molecule has 1 atom stereocenters. The van der Waals surface area contributed by atoms with E-state index in [1.54, 1.807) is 18.0 Å². The highest BCUT2D eigenvalue weighted by molar-refractivity contribution is 9.10. The number of rotatable bonds is 9. The van der Waals surface area contributed by atoms with Crippen molar-refractivity contribution in [3.05, 3.63) is 16.4 Å². The number of nitrogens with one attached hydrogen (secondary N) is 1. The Kier molecular flexibility index (Phi) is 9.57. The van der Waals surface area contributed by atoms with Crippen LogP contribution in [0.2, 0.25) is 0 Å². The van der Waals surface area contributed by atoms with Crippen LogP contribution in [0.3, 0.4) is 0 Å². The zero-order valence-electron chi connectivity index (χ0n) is 13.3. The monoisotopic (exact) mass is 421 g/mol. The molecule has 0 aliphatic heterocycles. The first-order valence-electron chi connectivity index (χ1n) is 7.06. The average molecular weight is 422 g/mol. The van der Waals surface area contributed by atoms with Gasteiger partial charge in [-0.25, -0.2) is 14.8 Å². The number of hydrogen-bond donors (Lipinski definition) is 1. The van der Waals surface area contributed by atoms with Gasteiger partial charge < -0.3 is 10.1 Å². The van der Waals surface area contributed by atoms with Crippen molar-refractivity contribution in [1.82, 2.24) is 15.3 Å². The van der Waals surface area contributed by atoms with Gasteiger partial charge in [0.1, 0.15) is 11.7 Å². The normalized spacial score (nSPS) is 11.8. The van der Waals surface area contributed by atoms with Crippen molar-refractivity contribution in [1.29, 1.82) is 0 Å². The van der Waals surface area contributed by atoms with Gasteiger partial charge in [0.15, 0.2) is 5.16 Å². The van der Waals surface area contributed by atoms with Crippen molar-refractivity contribution in [3.8, 4) is 0 Å². The molecular weight excluding hydrogens is 402 g/mol. The number of hydrogen-bond acceptors (Lipinski definition) is 7. The number of carbonyl (C=O) groups is 2. The second-order valence-electron chi connectivity index (χ2n) is 4.53. The second kappa shape index (κ2) is 10.9. The van der Waals surface area contributed by atoms with Crippen LogP contribution in [0.1, 0.15) is 30.3 Å². The fraction of sp³-hybridized carbons (Fsp3) is 0.571. The number of amides is 1. The first kappa shape index (κ1) is 20.2. The molecule has 1 amide bonds. The van der Waals surface area contributed by atoms with Crippen LogP contribution in [0, 0.1) is 0 Å². The van der Waals surface area contributed by atoms with Crippen LogP contribution >= 0.6 is 39.5 Å². The van der Waals surface area contributed by atoms with Gasteiger partial charge in [0.25, 0.3) is 5.91 Å². The van der Waals surface area contributed by atoms with E-state index in [-0.39, 0.29) is 5.69 Å². The maximum Gasteiger partial charge on any atom is 0.328 e. The van der Waals surface area contributed by atoms with Crippen molar-refractivity contribution in [2.75, 3.05) is 24.9 Å². The zero-order valence-corrected chi connectivity index (χ0v) is 16.5. The third-order valence-electron chi connectivity index (χ3n) is 2.77. The molecule has 6 nitrogen and oxygen atoms in total. The predicted molar refractivity (Wildman–Crippen MR) is 97.0 cm³/mol. The zero-order chi connectivity index (χ0) is 17.2. The fourth-order valence-corrected chi connectivity index (χ4v) is 3.14. The molecule has 0 radical (unpaired) electrons. The molecule has 0 saturated heterocycles. The van der Waals surface area contributed by atoms with E-state index in [4.69, 9.17) is 4.74 Å². The highest BCUT2D eigenvalue weighted by atomic mass is 79.9. The number of carbonyl (C=O) groups excluding carboxylic acids is 2. The average Bonchev–Trinajstić information content (AvgIpc) is 2.56. The molecule has 128 valence electrons. The molecule has 1 rings (SSSR count). The van der Waals surface area contributed by atoms with Gasteiger partial charge in [-0.2, -0.15) is 11.8 Å². The molecule has 23 heavy (non-hydrogen) atoms. The van der Waals surface area contributed by atoms with E-state index < -0.39 is 17.9 Å². The quantitative estimate of drug-likeness (QED) is 0.372. The summed E-state index contributed by atoms with van der Waals surface area (Å²) in [5.74, 6) is 0.733. The molecule has 0 unspecified atom stereocenters. The van der Waals surface area contributed by atoms with Crippen molar-refractivity contribution < 1.29 is 14.3 Å². The molecule has 1 aromatic rings. The van der Waals surface area contributed by atoms with Crippen LogP contribution in [-0.2, 0) is 9.53 Å². The van der Waals surface area contributed by atoms with Crippen molar-refractivity contribution >= 4 is 51.3 Å². The molecule has 0 saturated carbocycles. The Hall–Kier alpha value is -0.800. The molecular formula is C14H20BrN3O3S2. The molecule has 9 heteroatoms. The van der Waals surface area contributed by atoms with Crippen LogP contribution in [0.5, 0.6) is 0 Å². The van der Waals surface area contributed by atoms with Gasteiger partial charge in [-0.1, -0.05) is 18.7 Å². The second-order valence-corrected chi connectivity index (χ2v) is 7.43. The minimum Gasteiger partial charge on any atom is -0.467 e. The summed E-state index contributed by atoms with van der Waals surface area (Å²) in [4.78, 5) is 32.6. The van der Waals surface area contributed by atoms with E-state index >= 15 is 0 Å². The van der Waals surface area contributed by atoms with E-state index in [1.807, 2.05) is 6.26 Å². The van der Waals surface area contributed by atoms with Gasteiger partial charge in [-0.05, 0) is 40.8 Å². The van der Waals surface area contributed by atoms with Crippen LogP contribution < -0.4 is 5.32 Å². The Balaban J connectivity index is 2.87. The third-order valence-corrected chi connectivity index (χ3v) is 5.07. The Bertz CT molecular complexity index is 546. The SMILES string of the molecule is CCCSc1ncc(Br)c(C(=O)N[C@@H](CCSC)C(=O)OC)n1. The van der Waals surface area contributed by atoms with Crippen molar-refractivity contribution in [2.45, 2.75) is 31.0 Å². The van der Waals surface area contributed by atoms with E-state index in [1.165, 1.54) is 18.9 Å². The minimum absolute atomic E-state index is 0.219. The number of esters is 1. The molecule has 0 aromatic carbocycles. The first-order valence-corrected chi connectivity index (χ1v) is 10.2. The molecule has 0 bridgehead atoms. The number of thioether (sulfide) groups is 2. The molecule has 0 fully saturated rings. The Labute approximate surface area is 153 Å². The molecule has 0 aliphatic rings. The number of ether oxygens (including phenoxy) is 1. The summed E-state index contributed by atoms with van der Waals surface area (Å²) in [5, 5.41) is 3.23. The van der Waals surface area contributed by atoms with Crippen LogP contribution in [0.4, 0.5) is 0 Å². The lowest BCUT2D eigenvalue weighted by atomic mass is 10.2. The number of methoxy groups -OCH3 is 1.